The summed E-state index contributed by atoms with van der Waals surface area (Å²) in [6.45, 7) is 6.18. The summed E-state index contributed by atoms with van der Waals surface area (Å²) in [5, 5.41) is 13.1. The summed E-state index contributed by atoms with van der Waals surface area (Å²) in [4.78, 5) is 0. The summed E-state index contributed by atoms with van der Waals surface area (Å²) >= 11 is 2.02. The van der Waals surface area contributed by atoms with Gasteiger partial charge in [-0.15, -0.1) is 0 Å². The lowest BCUT2D eigenvalue weighted by Gasteiger charge is -2.14. The molecule has 2 unspecified atom stereocenters. The number of unbranched alkanes of at least 4 members (excludes halogenated alkanes) is 1. The Bertz CT molecular complexity index is 201. The Morgan fingerprint density at radius 3 is 2.89 bits per heavy atom. The molecule has 2 atom stereocenters. The van der Waals surface area contributed by atoms with Crippen LogP contribution in [0.4, 0.5) is 0 Å². The normalized spacial score (nSPS) is 20.8. The third kappa shape index (κ3) is 9.68. The van der Waals surface area contributed by atoms with Gasteiger partial charge in [0.15, 0.2) is 0 Å². The molecule has 2 N–H and O–H groups in total. The average molecular weight is 291 g/mol. The van der Waals surface area contributed by atoms with Crippen molar-refractivity contribution < 1.29 is 14.6 Å². The highest BCUT2D eigenvalue weighted by molar-refractivity contribution is 7.99. The van der Waals surface area contributed by atoms with Crippen molar-refractivity contribution in [2.45, 2.75) is 32.3 Å². The highest BCUT2D eigenvalue weighted by Crippen LogP contribution is 2.22. The highest BCUT2D eigenvalue weighted by atomic mass is 32.2. The van der Waals surface area contributed by atoms with Crippen molar-refractivity contribution >= 4 is 11.8 Å². The van der Waals surface area contributed by atoms with E-state index >= 15 is 0 Å². The second-order valence-electron chi connectivity index (χ2n) is 5.08. The van der Waals surface area contributed by atoms with Crippen LogP contribution in [0, 0.1) is 5.92 Å². The van der Waals surface area contributed by atoms with Crippen molar-refractivity contribution in [2.75, 3.05) is 51.0 Å². The van der Waals surface area contributed by atoms with Gasteiger partial charge in [0.1, 0.15) is 0 Å². The summed E-state index contributed by atoms with van der Waals surface area (Å²) in [5.41, 5.74) is 0. The lowest BCUT2D eigenvalue weighted by Crippen LogP contribution is -2.33. The van der Waals surface area contributed by atoms with Gasteiger partial charge >= 0.3 is 0 Å². The maximum atomic E-state index is 9.73. The molecule has 19 heavy (non-hydrogen) atoms. The van der Waals surface area contributed by atoms with Crippen LogP contribution >= 0.6 is 11.8 Å². The van der Waals surface area contributed by atoms with E-state index in [1.54, 1.807) is 0 Å². The highest BCUT2D eigenvalue weighted by Gasteiger charge is 2.15. The molecule has 0 amide bonds. The van der Waals surface area contributed by atoms with Crippen molar-refractivity contribution in [1.82, 2.24) is 5.32 Å². The summed E-state index contributed by atoms with van der Waals surface area (Å²) in [5.74, 6) is 3.33. The molecule has 1 heterocycles. The third-order valence-corrected chi connectivity index (χ3v) is 4.39. The van der Waals surface area contributed by atoms with Gasteiger partial charge in [0, 0.05) is 13.2 Å². The number of rotatable bonds is 12. The Morgan fingerprint density at radius 2 is 2.16 bits per heavy atom. The number of hydrogen-bond acceptors (Lipinski definition) is 5. The van der Waals surface area contributed by atoms with E-state index in [4.69, 9.17) is 9.47 Å². The van der Waals surface area contributed by atoms with Crippen molar-refractivity contribution in [3.05, 3.63) is 0 Å². The third-order valence-electron chi connectivity index (χ3n) is 3.16. The molecule has 1 aliphatic heterocycles. The molecule has 0 spiro atoms. The van der Waals surface area contributed by atoms with Crippen LogP contribution in [0.5, 0.6) is 0 Å². The van der Waals surface area contributed by atoms with Crippen LogP contribution in [-0.2, 0) is 9.47 Å². The first kappa shape index (κ1) is 17.2. The fourth-order valence-corrected chi connectivity index (χ4v) is 3.23. The molecule has 0 aliphatic carbocycles. The van der Waals surface area contributed by atoms with E-state index in [0.29, 0.717) is 26.4 Å². The SMILES string of the molecule is CCCCOCCOCC(O)CNCC1CCSC1. The number of aliphatic hydroxyl groups excluding tert-OH is 1. The number of hydrogen-bond donors (Lipinski definition) is 2. The molecule has 0 aromatic rings. The molecule has 0 bridgehead atoms. The van der Waals surface area contributed by atoms with Gasteiger partial charge in [0.2, 0.25) is 0 Å². The zero-order valence-corrected chi connectivity index (χ0v) is 12.9. The summed E-state index contributed by atoms with van der Waals surface area (Å²) in [6.07, 6.45) is 3.15. The predicted molar refractivity (Wildman–Crippen MR) is 80.9 cm³/mol. The van der Waals surface area contributed by atoms with Crippen molar-refractivity contribution in [3.8, 4) is 0 Å². The Balaban J connectivity index is 1.80. The number of nitrogens with one attached hydrogen (secondary N) is 1. The van der Waals surface area contributed by atoms with Crippen LogP contribution in [0.25, 0.3) is 0 Å². The molecule has 1 rings (SSSR count). The summed E-state index contributed by atoms with van der Waals surface area (Å²) in [6, 6.07) is 0. The lowest BCUT2D eigenvalue weighted by atomic mass is 10.1. The van der Waals surface area contributed by atoms with Gasteiger partial charge in [-0.25, -0.2) is 0 Å². The van der Waals surface area contributed by atoms with Crippen LogP contribution in [0.1, 0.15) is 26.2 Å². The quantitative estimate of drug-likeness (QED) is 0.534. The molecule has 0 saturated carbocycles. The van der Waals surface area contributed by atoms with E-state index in [2.05, 4.69) is 12.2 Å². The first-order chi connectivity index (χ1) is 9.33. The topological polar surface area (TPSA) is 50.7 Å². The van der Waals surface area contributed by atoms with E-state index < -0.39 is 6.10 Å². The molecule has 1 aliphatic rings. The minimum absolute atomic E-state index is 0.392. The predicted octanol–water partition coefficient (Wildman–Crippen LogP) is 1.52. The van der Waals surface area contributed by atoms with E-state index in [0.717, 1.165) is 31.9 Å². The Kier molecular flexibility index (Phi) is 10.9. The lowest BCUT2D eigenvalue weighted by molar-refractivity contribution is 0.00380. The van der Waals surface area contributed by atoms with Crippen LogP contribution in [0.3, 0.4) is 0 Å². The average Bonchev–Trinajstić information content (AvgIpc) is 2.91. The Labute approximate surface area is 121 Å². The standard InChI is InChI=1S/C14H29NO3S/c1-2-3-5-17-6-7-18-11-14(16)10-15-9-13-4-8-19-12-13/h13-16H,2-12H2,1H3. The number of thioether (sulfide) groups is 1. The van der Waals surface area contributed by atoms with Gasteiger partial charge in [-0.05, 0) is 36.8 Å². The van der Waals surface area contributed by atoms with Gasteiger partial charge in [0.05, 0.1) is 25.9 Å². The van der Waals surface area contributed by atoms with Gasteiger partial charge in [0.25, 0.3) is 0 Å². The summed E-state index contributed by atoms with van der Waals surface area (Å²) < 4.78 is 10.8. The number of aliphatic hydroxyl groups is 1. The van der Waals surface area contributed by atoms with E-state index in [-0.39, 0.29) is 0 Å². The molecule has 1 saturated heterocycles. The molecule has 0 aromatic carbocycles. The van der Waals surface area contributed by atoms with Gasteiger partial charge in [-0.1, -0.05) is 13.3 Å². The minimum Gasteiger partial charge on any atom is -0.389 e. The van der Waals surface area contributed by atoms with Gasteiger partial charge in [-0.3, -0.25) is 0 Å². The minimum atomic E-state index is -0.412. The molecular formula is C14H29NO3S. The first-order valence-electron chi connectivity index (χ1n) is 7.45. The first-order valence-corrected chi connectivity index (χ1v) is 8.60. The van der Waals surface area contributed by atoms with Crippen LogP contribution in [-0.4, -0.2) is 62.2 Å². The fourth-order valence-electron chi connectivity index (χ4n) is 1.94. The molecule has 0 radical (unpaired) electrons. The zero-order valence-electron chi connectivity index (χ0n) is 12.1. The summed E-state index contributed by atoms with van der Waals surface area (Å²) in [7, 11) is 0. The van der Waals surface area contributed by atoms with Gasteiger partial charge < -0.3 is 19.9 Å². The van der Waals surface area contributed by atoms with Crippen LogP contribution < -0.4 is 5.32 Å². The maximum absolute atomic E-state index is 9.73. The van der Waals surface area contributed by atoms with E-state index in [1.807, 2.05) is 11.8 Å². The smallest absolute Gasteiger partial charge is 0.0897 e. The van der Waals surface area contributed by atoms with Crippen molar-refractivity contribution in [2.24, 2.45) is 5.92 Å². The second kappa shape index (κ2) is 12.0. The molecular weight excluding hydrogens is 262 g/mol. The molecule has 114 valence electrons. The van der Waals surface area contributed by atoms with E-state index in [1.165, 1.54) is 17.9 Å². The monoisotopic (exact) mass is 291 g/mol. The Hall–Kier alpha value is 0.190. The fraction of sp³-hybridized carbons (Fsp3) is 1.00. The van der Waals surface area contributed by atoms with Crippen LogP contribution in [0.2, 0.25) is 0 Å². The maximum Gasteiger partial charge on any atom is 0.0897 e. The van der Waals surface area contributed by atoms with Crippen LogP contribution in [0.15, 0.2) is 0 Å². The largest absolute Gasteiger partial charge is 0.389 e. The van der Waals surface area contributed by atoms with Crippen molar-refractivity contribution in [1.29, 1.82) is 0 Å². The Morgan fingerprint density at radius 1 is 1.32 bits per heavy atom. The molecule has 5 heteroatoms. The molecule has 0 aromatic heterocycles. The van der Waals surface area contributed by atoms with Crippen molar-refractivity contribution in [3.63, 3.8) is 0 Å². The zero-order chi connectivity index (χ0) is 13.8. The molecule has 1 fully saturated rings. The molecule has 4 nitrogen and oxygen atoms in total. The second-order valence-corrected chi connectivity index (χ2v) is 6.23. The number of ether oxygens (including phenoxy) is 2. The van der Waals surface area contributed by atoms with Gasteiger partial charge in [-0.2, -0.15) is 11.8 Å². The van der Waals surface area contributed by atoms with E-state index in [9.17, 15) is 5.11 Å².